The molecule has 0 saturated carbocycles. The van der Waals surface area contributed by atoms with Gasteiger partial charge in [-0.05, 0) is 55.5 Å². The molecule has 5 nitrogen and oxygen atoms in total. The van der Waals surface area contributed by atoms with E-state index in [2.05, 4.69) is 5.32 Å². The number of benzene rings is 3. The summed E-state index contributed by atoms with van der Waals surface area (Å²) in [5.41, 5.74) is 1.21. The molecule has 1 aliphatic heterocycles. The third-order valence-electron chi connectivity index (χ3n) is 5.03. The third kappa shape index (κ3) is 3.65. The summed E-state index contributed by atoms with van der Waals surface area (Å²) in [6.45, 7) is 1.95. The summed E-state index contributed by atoms with van der Waals surface area (Å²) in [6.07, 6.45) is -4.46. The molecule has 0 radical (unpaired) electrons. The van der Waals surface area contributed by atoms with Crippen molar-refractivity contribution in [2.24, 2.45) is 0 Å². The summed E-state index contributed by atoms with van der Waals surface area (Å²) < 4.78 is 65.3. The molecule has 160 valence electrons. The molecule has 0 atom stereocenters. The van der Waals surface area contributed by atoms with E-state index in [1.165, 1.54) is 28.6 Å². The zero-order valence-corrected chi connectivity index (χ0v) is 17.1. The average molecular weight is 446 g/mol. The van der Waals surface area contributed by atoms with E-state index in [1.807, 2.05) is 0 Å². The van der Waals surface area contributed by atoms with E-state index >= 15 is 0 Å². The van der Waals surface area contributed by atoms with Gasteiger partial charge in [-0.1, -0.05) is 18.2 Å². The number of halogens is 3. The van der Waals surface area contributed by atoms with Crippen molar-refractivity contribution < 1.29 is 26.4 Å². The van der Waals surface area contributed by atoms with Crippen molar-refractivity contribution in [1.82, 2.24) is 0 Å². The molecule has 9 heteroatoms. The third-order valence-corrected chi connectivity index (χ3v) is 6.98. The fourth-order valence-electron chi connectivity index (χ4n) is 3.56. The van der Waals surface area contributed by atoms with Crippen LogP contribution in [0.25, 0.3) is 11.1 Å². The Morgan fingerprint density at radius 3 is 2.29 bits per heavy atom. The number of rotatable bonds is 3. The summed E-state index contributed by atoms with van der Waals surface area (Å²) in [6, 6.07) is 15.3. The number of fused-ring (bicyclic) bond motifs is 3. The second kappa shape index (κ2) is 7.42. The first kappa shape index (κ1) is 20.9. The number of hydrogen-bond donors (Lipinski definition) is 1. The minimum atomic E-state index is -4.46. The van der Waals surface area contributed by atoms with Crippen molar-refractivity contribution in [3.63, 3.8) is 0 Å². The molecule has 1 amide bonds. The van der Waals surface area contributed by atoms with Crippen molar-refractivity contribution >= 4 is 27.3 Å². The van der Waals surface area contributed by atoms with Crippen molar-refractivity contribution in [2.75, 3.05) is 16.2 Å². The van der Waals surface area contributed by atoms with Gasteiger partial charge in [0.2, 0.25) is 0 Å². The van der Waals surface area contributed by atoms with Gasteiger partial charge in [0.25, 0.3) is 15.9 Å². The van der Waals surface area contributed by atoms with Crippen LogP contribution in [0.1, 0.15) is 22.8 Å². The van der Waals surface area contributed by atoms with Crippen molar-refractivity contribution in [3.05, 3.63) is 77.9 Å². The molecule has 0 bridgehead atoms. The highest BCUT2D eigenvalue weighted by molar-refractivity contribution is 7.93. The minimum absolute atomic E-state index is 0.157. The topological polar surface area (TPSA) is 66.5 Å². The summed E-state index contributed by atoms with van der Waals surface area (Å²) in [5, 5.41) is 2.57. The van der Waals surface area contributed by atoms with Crippen molar-refractivity contribution in [1.29, 1.82) is 0 Å². The first-order chi connectivity index (χ1) is 14.6. The normalized spacial score (nSPS) is 14.5. The van der Waals surface area contributed by atoms with E-state index in [0.717, 1.165) is 12.1 Å². The predicted octanol–water partition coefficient (Wildman–Crippen LogP) is 5.15. The number of hydrogen-bond acceptors (Lipinski definition) is 3. The van der Waals surface area contributed by atoms with Gasteiger partial charge in [-0.15, -0.1) is 0 Å². The smallest absolute Gasteiger partial charge is 0.322 e. The van der Waals surface area contributed by atoms with Crippen LogP contribution in [0.3, 0.4) is 0 Å². The SMILES string of the molecule is CCN1c2ccc(C(=O)Nc3ccc(C(F)(F)F)cc3)cc2-c2ccccc2S1(=O)=O. The van der Waals surface area contributed by atoms with Gasteiger partial charge in [-0.25, -0.2) is 8.42 Å². The van der Waals surface area contributed by atoms with Gasteiger partial charge in [-0.3, -0.25) is 9.10 Å². The number of anilines is 2. The predicted molar refractivity (Wildman–Crippen MR) is 111 cm³/mol. The Morgan fingerprint density at radius 1 is 0.968 bits per heavy atom. The Balaban J connectivity index is 1.69. The lowest BCUT2D eigenvalue weighted by Gasteiger charge is -2.31. The lowest BCUT2D eigenvalue weighted by atomic mass is 10.00. The van der Waals surface area contributed by atoms with Crippen LogP contribution >= 0.6 is 0 Å². The number of alkyl halides is 3. The molecular weight excluding hydrogens is 429 g/mol. The number of amides is 1. The van der Waals surface area contributed by atoms with Gasteiger partial charge in [0.15, 0.2) is 0 Å². The molecule has 4 rings (SSSR count). The summed E-state index contributed by atoms with van der Waals surface area (Å²) >= 11 is 0. The maximum Gasteiger partial charge on any atom is 0.416 e. The molecule has 1 heterocycles. The number of carbonyl (C=O) groups is 1. The molecule has 31 heavy (non-hydrogen) atoms. The zero-order chi connectivity index (χ0) is 22.4. The lowest BCUT2D eigenvalue weighted by molar-refractivity contribution is -0.137. The number of nitrogens with one attached hydrogen (secondary N) is 1. The summed E-state index contributed by atoms with van der Waals surface area (Å²) in [7, 11) is -3.70. The van der Waals surface area contributed by atoms with Crippen LogP contribution < -0.4 is 9.62 Å². The molecule has 3 aromatic rings. The Kier molecular flexibility index (Phi) is 5.01. The first-order valence-electron chi connectivity index (χ1n) is 9.37. The molecule has 0 fully saturated rings. The molecule has 3 aromatic carbocycles. The fourth-order valence-corrected chi connectivity index (χ4v) is 5.26. The number of sulfonamides is 1. The highest BCUT2D eigenvalue weighted by Crippen LogP contribution is 2.43. The minimum Gasteiger partial charge on any atom is -0.322 e. The van der Waals surface area contributed by atoms with Crippen molar-refractivity contribution in [2.45, 2.75) is 18.0 Å². The Bertz CT molecular complexity index is 1270. The van der Waals surface area contributed by atoms with Crippen LogP contribution in [0, 0.1) is 0 Å². The van der Waals surface area contributed by atoms with Crippen LogP contribution in [-0.4, -0.2) is 20.9 Å². The van der Waals surface area contributed by atoms with Crippen molar-refractivity contribution in [3.8, 4) is 11.1 Å². The summed E-state index contributed by atoms with van der Waals surface area (Å²) in [5.74, 6) is -0.517. The maximum absolute atomic E-state index is 12.9. The van der Waals surface area contributed by atoms with Gasteiger partial charge in [-0.2, -0.15) is 13.2 Å². The van der Waals surface area contributed by atoms with Gasteiger partial charge >= 0.3 is 6.18 Å². The monoisotopic (exact) mass is 446 g/mol. The lowest BCUT2D eigenvalue weighted by Crippen LogP contribution is -2.34. The molecular formula is C22H17F3N2O3S. The second-order valence-electron chi connectivity index (χ2n) is 6.93. The highest BCUT2D eigenvalue weighted by Gasteiger charge is 2.34. The fraction of sp³-hybridized carbons (Fsp3) is 0.136. The summed E-state index contributed by atoms with van der Waals surface area (Å²) in [4.78, 5) is 12.9. The van der Waals surface area contributed by atoms with Gasteiger partial charge in [0.1, 0.15) is 0 Å². The largest absolute Gasteiger partial charge is 0.416 e. The van der Waals surface area contributed by atoms with Gasteiger partial charge in [0, 0.05) is 28.9 Å². The molecule has 1 aliphatic rings. The number of nitrogens with zero attached hydrogens (tertiary/aromatic N) is 1. The van der Waals surface area contributed by atoms with Crippen LogP contribution in [0.5, 0.6) is 0 Å². The van der Waals surface area contributed by atoms with Crippen LogP contribution in [0.15, 0.2) is 71.6 Å². The average Bonchev–Trinajstić information content (AvgIpc) is 2.73. The van der Waals surface area contributed by atoms with E-state index in [-0.39, 0.29) is 22.7 Å². The Labute approximate surface area is 177 Å². The number of carbonyl (C=O) groups excluding carboxylic acids is 1. The van der Waals surface area contributed by atoms with Gasteiger partial charge < -0.3 is 5.32 Å². The van der Waals surface area contributed by atoms with Crippen LogP contribution in [0.4, 0.5) is 24.5 Å². The van der Waals surface area contributed by atoms with E-state index in [9.17, 15) is 26.4 Å². The molecule has 0 aromatic heterocycles. The first-order valence-corrected chi connectivity index (χ1v) is 10.8. The molecule has 0 aliphatic carbocycles. The quantitative estimate of drug-likeness (QED) is 0.605. The standard InChI is InChI=1S/C22H17F3N2O3S/c1-2-27-19-12-7-14(13-18(19)17-5-3-4-6-20(17)31(27,29)30)21(28)26-16-10-8-15(9-11-16)22(23,24)25/h3-13H,2H2,1H3,(H,26,28). The van der Waals surface area contributed by atoms with Gasteiger partial charge in [0.05, 0.1) is 16.1 Å². The highest BCUT2D eigenvalue weighted by atomic mass is 32.2. The van der Waals surface area contributed by atoms with E-state index < -0.39 is 27.7 Å². The Hall–Kier alpha value is -3.33. The van der Waals surface area contributed by atoms with Crippen LogP contribution in [-0.2, 0) is 16.2 Å². The Morgan fingerprint density at radius 2 is 1.65 bits per heavy atom. The van der Waals surface area contributed by atoms with E-state index in [0.29, 0.717) is 16.8 Å². The van der Waals surface area contributed by atoms with Crippen LogP contribution in [0.2, 0.25) is 0 Å². The molecule has 0 saturated heterocycles. The maximum atomic E-state index is 12.9. The van der Waals surface area contributed by atoms with E-state index in [1.54, 1.807) is 37.3 Å². The molecule has 0 spiro atoms. The second-order valence-corrected chi connectivity index (χ2v) is 8.76. The molecule has 1 N–H and O–H groups in total. The van der Waals surface area contributed by atoms with E-state index in [4.69, 9.17) is 0 Å². The zero-order valence-electron chi connectivity index (χ0n) is 16.3. The molecule has 0 unspecified atom stereocenters.